The van der Waals surface area contributed by atoms with Gasteiger partial charge in [-0.15, -0.1) is 0 Å². The third kappa shape index (κ3) is 2.15. The van der Waals surface area contributed by atoms with Crippen molar-refractivity contribution in [1.29, 1.82) is 0 Å². The molecular formula is C13H20FN3O. The van der Waals surface area contributed by atoms with Crippen molar-refractivity contribution in [1.82, 2.24) is 0 Å². The first-order valence-corrected chi connectivity index (χ1v) is 6.14. The standard InChI is InChI=1S/C13H20FN3O/c1-8-6-10(15)12(9(2)11(8)14)17(16)7-13(18)4-3-5-13/h6,18H,3-5,7,15-16H2,1-2H3. The van der Waals surface area contributed by atoms with Crippen LogP contribution in [0.2, 0.25) is 0 Å². The number of nitrogens with two attached hydrogens (primary N) is 2. The highest BCUT2D eigenvalue weighted by atomic mass is 19.1. The van der Waals surface area contributed by atoms with Crippen LogP contribution in [0.25, 0.3) is 0 Å². The Balaban J connectivity index is 2.30. The lowest BCUT2D eigenvalue weighted by molar-refractivity contribution is -0.0255. The summed E-state index contributed by atoms with van der Waals surface area (Å²) in [5, 5.41) is 11.5. The number of nitrogen functional groups attached to an aromatic ring is 1. The maximum absolute atomic E-state index is 13.9. The van der Waals surface area contributed by atoms with E-state index in [1.54, 1.807) is 19.9 Å². The van der Waals surface area contributed by atoms with Gasteiger partial charge in [-0.3, -0.25) is 0 Å². The highest BCUT2D eigenvalue weighted by molar-refractivity contribution is 5.72. The van der Waals surface area contributed by atoms with Crippen LogP contribution >= 0.6 is 0 Å². The molecule has 0 aliphatic heterocycles. The van der Waals surface area contributed by atoms with E-state index in [9.17, 15) is 9.50 Å². The number of halogens is 1. The molecule has 0 bridgehead atoms. The monoisotopic (exact) mass is 253 g/mol. The molecule has 18 heavy (non-hydrogen) atoms. The van der Waals surface area contributed by atoms with E-state index < -0.39 is 5.60 Å². The molecule has 0 saturated heterocycles. The molecular weight excluding hydrogens is 233 g/mol. The van der Waals surface area contributed by atoms with Gasteiger partial charge in [-0.2, -0.15) is 0 Å². The Labute approximate surface area is 106 Å². The Hall–Kier alpha value is -1.33. The number of anilines is 2. The van der Waals surface area contributed by atoms with Gasteiger partial charge in [-0.1, -0.05) is 0 Å². The Morgan fingerprint density at radius 2 is 2.06 bits per heavy atom. The summed E-state index contributed by atoms with van der Waals surface area (Å²) in [6.45, 7) is 3.60. The molecule has 0 spiro atoms. The van der Waals surface area contributed by atoms with Gasteiger partial charge in [0.15, 0.2) is 0 Å². The van der Waals surface area contributed by atoms with Crippen molar-refractivity contribution in [3.63, 3.8) is 0 Å². The van der Waals surface area contributed by atoms with Crippen LogP contribution in [-0.4, -0.2) is 17.3 Å². The molecule has 0 amide bonds. The number of hydrogen-bond acceptors (Lipinski definition) is 4. The molecule has 4 nitrogen and oxygen atoms in total. The topological polar surface area (TPSA) is 75.5 Å². The van der Waals surface area contributed by atoms with Crippen molar-refractivity contribution < 1.29 is 9.50 Å². The highest BCUT2D eigenvalue weighted by Gasteiger charge is 2.36. The van der Waals surface area contributed by atoms with Crippen LogP contribution in [0.15, 0.2) is 6.07 Å². The Kier molecular flexibility index (Phi) is 3.21. The van der Waals surface area contributed by atoms with Gasteiger partial charge >= 0.3 is 0 Å². The summed E-state index contributed by atoms with van der Waals surface area (Å²) in [6, 6.07) is 1.57. The fourth-order valence-corrected chi connectivity index (χ4v) is 2.50. The van der Waals surface area contributed by atoms with E-state index in [-0.39, 0.29) is 12.4 Å². The van der Waals surface area contributed by atoms with Crippen molar-refractivity contribution >= 4 is 11.4 Å². The van der Waals surface area contributed by atoms with Gasteiger partial charge in [-0.05, 0) is 44.7 Å². The maximum Gasteiger partial charge on any atom is 0.131 e. The van der Waals surface area contributed by atoms with Crippen LogP contribution in [0.1, 0.15) is 30.4 Å². The van der Waals surface area contributed by atoms with Gasteiger partial charge in [0.05, 0.1) is 23.5 Å². The zero-order valence-corrected chi connectivity index (χ0v) is 10.8. The summed E-state index contributed by atoms with van der Waals surface area (Å²) in [4.78, 5) is 0. The van der Waals surface area contributed by atoms with Crippen LogP contribution in [0.3, 0.4) is 0 Å². The summed E-state index contributed by atoms with van der Waals surface area (Å²) < 4.78 is 13.9. The minimum atomic E-state index is -0.755. The quantitative estimate of drug-likeness (QED) is 0.434. The smallest absolute Gasteiger partial charge is 0.131 e. The van der Waals surface area contributed by atoms with E-state index >= 15 is 0 Å². The normalized spacial score (nSPS) is 17.4. The third-order valence-corrected chi connectivity index (χ3v) is 3.71. The summed E-state index contributed by atoms with van der Waals surface area (Å²) in [6.07, 6.45) is 2.46. The Morgan fingerprint density at radius 1 is 1.44 bits per heavy atom. The predicted molar refractivity (Wildman–Crippen MR) is 70.6 cm³/mol. The molecule has 1 aliphatic rings. The molecule has 0 radical (unpaired) electrons. The number of benzene rings is 1. The fourth-order valence-electron chi connectivity index (χ4n) is 2.50. The van der Waals surface area contributed by atoms with E-state index in [4.69, 9.17) is 11.6 Å². The van der Waals surface area contributed by atoms with E-state index in [1.807, 2.05) is 0 Å². The number of aliphatic hydroxyl groups is 1. The van der Waals surface area contributed by atoms with Crippen molar-refractivity contribution in [3.8, 4) is 0 Å². The molecule has 1 aromatic rings. The van der Waals surface area contributed by atoms with Gasteiger partial charge in [0.25, 0.3) is 0 Å². The molecule has 5 N–H and O–H groups in total. The molecule has 1 aliphatic carbocycles. The van der Waals surface area contributed by atoms with Gasteiger partial charge < -0.3 is 15.8 Å². The molecule has 1 saturated carbocycles. The summed E-state index contributed by atoms with van der Waals surface area (Å²) in [5.74, 6) is 5.64. The lowest BCUT2D eigenvalue weighted by Crippen LogP contribution is -2.51. The Bertz CT molecular complexity index is 472. The van der Waals surface area contributed by atoms with Gasteiger partial charge in [0.1, 0.15) is 5.82 Å². The van der Waals surface area contributed by atoms with Crippen LogP contribution < -0.4 is 16.6 Å². The van der Waals surface area contributed by atoms with Gasteiger partial charge in [0, 0.05) is 5.56 Å². The van der Waals surface area contributed by atoms with Crippen molar-refractivity contribution in [2.24, 2.45) is 5.84 Å². The summed E-state index contributed by atoms with van der Waals surface area (Å²) in [5.41, 5.74) is 6.99. The molecule has 0 atom stereocenters. The minimum Gasteiger partial charge on any atom is -0.397 e. The Morgan fingerprint density at radius 3 is 2.56 bits per heavy atom. The van der Waals surface area contributed by atoms with Crippen molar-refractivity contribution in [2.75, 3.05) is 17.3 Å². The summed E-state index contributed by atoms with van der Waals surface area (Å²) in [7, 11) is 0. The highest BCUT2D eigenvalue weighted by Crippen LogP contribution is 2.35. The number of hydrogen-bond donors (Lipinski definition) is 3. The van der Waals surface area contributed by atoms with Crippen LogP contribution in [-0.2, 0) is 0 Å². The average Bonchev–Trinajstić information content (AvgIpc) is 2.24. The molecule has 5 heteroatoms. The van der Waals surface area contributed by atoms with Crippen LogP contribution in [0.5, 0.6) is 0 Å². The second kappa shape index (κ2) is 4.40. The summed E-state index contributed by atoms with van der Waals surface area (Å²) >= 11 is 0. The first-order chi connectivity index (χ1) is 8.34. The van der Waals surface area contributed by atoms with Crippen molar-refractivity contribution in [3.05, 3.63) is 23.0 Å². The molecule has 1 aromatic carbocycles. The fraction of sp³-hybridized carbons (Fsp3) is 0.538. The minimum absolute atomic E-state index is 0.278. The van der Waals surface area contributed by atoms with E-state index in [2.05, 4.69) is 0 Å². The lowest BCUT2D eigenvalue weighted by Gasteiger charge is -2.40. The number of nitrogens with zero attached hydrogens (tertiary/aromatic N) is 1. The third-order valence-electron chi connectivity index (χ3n) is 3.71. The first kappa shape index (κ1) is 13.1. The molecule has 0 aromatic heterocycles. The zero-order chi connectivity index (χ0) is 13.5. The van der Waals surface area contributed by atoms with Gasteiger partial charge in [-0.25, -0.2) is 10.2 Å². The number of hydrazine groups is 1. The van der Waals surface area contributed by atoms with E-state index in [0.717, 1.165) is 19.3 Å². The molecule has 0 heterocycles. The zero-order valence-electron chi connectivity index (χ0n) is 10.8. The molecule has 0 unspecified atom stereocenters. The lowest BCUT2D eigenvalue weighted by atomic mass is 9.80. The number of rotatable bonds is 3. The average molecular weight is 253 g/mol. The van der Waals surface area contributed by atoms with Gasteiger partial charge in [0.2, 0.25) is 0 Å². The second-order valence-electron chi connectivity index (χ2n) is 5.28. The van der Waals surface area contributed by atoms with Crippen molar-refractivity contribution in [2.45, 2.75) is 38.7 Å². The maximum atomic E-state index is 13.9. The van der Waals surface area contributed by atoms with E-state index in [1.165, 1.54) is 5.01 Å². The largest absolute Gasteiger partial charge is 0.397 e. The number of aryl methyl sites for hydroxylation is 1. The van der Waals surface area contributed by atoms with Crippen LogP contribution in [0.4, 0.5) is 15.8 Å². The SMILES string of the molecule is Cc1cc(N)c(N(N)CC2(O)CCC2)c(C)c1F. The first-order valence-electron chi connectivity index (χ1n) is 6.14. The molecule has 100 valence electrons. The molecule has 1 fully saturated rings. The molecule has 2 rings (SSSR count). The van der Waals surface area contributed by atoms with Crippen LogP contribution in [0, 0.1) is 19.7 Å². The van der Waals surface area contributed by atoms with E-state index in [0.29, 0.717) is 22.5 Å². The predicted octanol–water partition coefficient (Wildman–Crippen LogP) is 1.62. The second-order valence-corrected chi connectivity index (χ2v) is 5.28.